The van der Waals surface area contributed by atoms with E-state index < -0.39 is 26.9 Å². The lowest BCUT2D eigenvalue weighted by molar-refractivity contribution is 0.310. The van der Waals surface area contributed by atoms with Crippen molar-refractivity contribution in [3.63, 3.8) is 0 Å². The summed E-state index contributed by atoms with van der Waals surface area (Å²) in [5, 5.41) is 12.2. The molecule has 2 aromatic heterocycles. The zero-order chi connectivity index (χ0) is 27.9. The highest BCUT2D eigenvalue weighted by molar-refractivity contribution is 7.91. The van der Waals surface area contributed by atoms with E-state index in [1.54, 1.807) is 6.26 Å². The van der Waals surface area contributed by atoms with Crippen molar-refractivity contribution in [2.24, 2.45) is 16.3 Å². The van der Waals surface area contributed by atoms with Gasteiger partial charge in [-0.15, -0.1) is 15.8 Å². The van der Waals surface area contributed by atoms with Crippen molar-refractivity contribution in [2.75, 3.05) is 25.6 Å². The summed E-state index contributed by atoms with van der Waals surface area (Å²) in [6.45, 7) is 16.7. The van der Waals surface area contributed by atoms with E-state index in [0.29, 0.717) is 12.4 Å². The number of amidine groups is 1. The van der Waals surface area contributed by atoms with Gasteiger partial charge < -0.3 is 14.9 Å². The van der Waals surface area contributed by atoms with Crippen LogP contribution in [-0.2, 0) is 26.6 Å². The van der Waals surface area contributed by atoms with E-state index in [-0.39, 0.29) is 39.2 Å². The third-order valence-electron chi connectivity index (χ3n) is 5.72. The number of nitrogens with one attached hydrogen (secondary N) is 2. The third-order valence-corrected chi connectivity index (χ3v) is 10.0. The topological polar surface area (TPSA) is 127 Å². The van der Waals surface area contributed by atoms with E-state index in [4.69, 9.17) is 9.41 Å². The second-order valence-electron chi connectivity index (χ2n) is 11.9. The molecule has 0 bridgehead atoms. The average molecular weight is 574 g/mol. The van der Waals surface area contributed by atoms with Gasteiger partial charge in [0.1, 0.15) is 23.3 Å². The Bertz CT molecular complexity index is 1270. The van der Waals surface area contributed by atoms with Gasteiger partial charge in [0.05, 0.1) is 12.8 Å². The SMILES string of the molecule is CC(C)C(N=C1CN(Nc2csc(S(=O)(=O)N(C)CC(C)(C)C)c2O)S(=O)N1)c1cc(C(C)(C)C)co1. The maximum Gasteiger partial charge on any atom is 0.256 e. The predicted molar refractivity (Wildman–Crippen MR) is 149 cm³/mol. The first-order valence-electron chi connectivity index (χ1n) is 12.1. The highest BCUT2D eigenvalue weighted by Crippen LogP contribution is 2.40. The molecular weight excluding hydrogens is 534 g/mol. The summed E-state index contributed by atoms with van der Waals surface area (Å²) >= 11 is -0.776. The number of anilines is 1. The van der Waals surface area contributed by atoms with E-state index in [1.165, 1.54) is 21.1 Å². The molecule has 0 amide bonds. The smallest absolute Gasteiger partial charge is 0.256 e. The largest absolute Gasteiger partial charge is 0.504 e. The fourth-order valence-electron chi connectivity index (χ4n) is 3.77. The number of furan rings is 1. The van der Waals surface area contributed by atoms with Gasteiger partial charge in [0.15, 0.2) is 9.96 Å². The highest BCUT2D eigenvalue weighted by Gasteiger charge is 2.33. The molecule has 0 spiro atoms. The summed E-state index contributed by atoms with van der Waals surface area (Å²) in [6, 6.07) is 1.74. The molecule has 3 N–H and O–H groups in total. The molecule has 10 nitrogen and oxygen atoms in total. The fourth-order valence-corrected chi connectivity index (χ4v) is 7.43. The summed E-state index contributed by atoms with van der Waals surface area (Å²) in [6.07, 6.45) is 1.75. The van der Waals surface area contributed by atoms with Gasteiger partial charge in [-0.05, 0) is 28.4 Å². The quantitative estimate of drug-likeness (QED) is 0.423. The van der Waals surface area contributed by atoms with E-state index >= 15 is 0 Å². The van der Waals surface area contributed by atoms with Crippen LogP contribution < -0.4 is 10.1 Å². The minimum absolute atomic E-state index is 0.0549. The molecule has 1 saturated heterocycles. The molecule has 2 atom stereocenters. The van der Waals surface area contributed by atoms with Crippen molar-refractivity contribution in [1.82, 2.24) is 13.4 Å². The first-order chi connectivity index (χ1) is 16.9. The second-order valence-corrected chi connectivity index (χ2v) is 16.1. The Hall–Kier alpha value is -1.93. The molecule has 0 radical (unpaired) electrons. The van der Waals surface area contributed by atoms with Crippen molar-refractivity contribution < 1.29 is 22.2 Å². The van der Waals surface area contributed by atoms with Gasteiger partial charge in [-0.1, -0.05) is 55.4 Å². The molecule has 0 aliphatic carbocycles. The Kier molecular flexibility index (Phi) is 8.55. The molecule has 1 aliphatic heterocycles. The van der Waals surface area contributed by atoms with Gasteiger partial charge in [0.2, 0.25) is 11.2 Å². The van der Waals surface area contributed by atoms with Crippen LogP contribution in [0.2, 0.25) is 0 Å². The molecule has 1 fully saturated rings. The molecule has 37 heavy (non-hydrogen) atoms. The molecule has 2 aromatic rings. The Morgan fingerprint density at radius 2 is 1.95 bits per heavy atom. The number of aliphatic imine (C=N–C) groups is 1. The monoisotopic (exact) mass is 573 g/mol. The number of hydrogen-bond donors (Lipinski definition) is 3. The Labute approximate surface area is 226 Å². The lowest BCUT2D eigenvalue weighted by Gasteiger charge is -2.25. The second kappa shape index (κ2) is 10.7. The molecular formula is C24H39N5O5S3. The molecule has 1 aliphatic rings. The minimum Gasteiger partial charge on any atom is -0.504 e. The Morgan fingerprint density at radius 3 is 2.49 bits per heavy atom. The molecule has 208 valence electrons. The number of rotatable bonds is 8. The summed E-state index contributed by atoms with van der Waals surface area (Å²) in [7, 11) is -2.40. The number of nitrogens with zero attached hydrogens (tertiary/aromatic N) is 3. The van der Waals surface area contributed by atoms with E-state index in [2.05, 4.69) is 30.9 Å². The molecule has 13 heteroatoms. The van der Waals surface area contributed by atoms with Crippen molar-refractivity contribution in [2.45, 2.75) is 71.1 Å². The Morgan fingerprint density at radius 1 is 1.30 bits per heavy atom. The van der Waals surface area contributed by atoms with Crippen LogP contribution in [0.15, 0.2) is 31.3 Å². The van der Waals surface area contributed by atoms with Crippen molar-refractivity contribution in [3.8, 4) is 5.75 Å². The van der Waals surface area contributed by atoms with Crippen LogP contribution in [0.5, 0.6) is 5.75 Å². The van der Waals surface area contributed by atoms with E-state index in [1.807, 2.05) is 40.7 Å². The molecule has 0 aromatic carbocycles. The van der Waals surface area contributed by atoms with Crippen molar-refractivity contribution in [1.29, 1.82) is 0 Å². The number of hydrogen-bond acceptors (Lipinski definition) is 8. The van der Waals surface area contributed by atoms with Crippen LogP contribution in [0.4, 0.5) is 5.69 Å². The Balaban J connectivity index is 1.78. The first-order valence-corrected chi connectivity index (χ1v) is 15.5. The highest BCUT2D eigenvalue weighted by atomic mass is 32.2. The van der Waals surface area contributed by atoms with Crippen LogP contribution in [-0.4, -0.2) is 52.4 Å². The summed E-state index contributed by atoms with van der Waals surface area (Å²) in [5.74, 6) is 0.947. The van der Waals surface area contributed by atoms with Gasteiger partial charge in [0.25, 0.3) is 10.0 Å². The number of thiophene rings is 1. The predicted octanol–water partition coefficient (Wildman–Crippen LogP) is 4.62. The van der Waals surface area contributed by atoms with Gasteiger partial charge >= 0.3 is 0 Å². The summed E-state index contributed by atoms with van der Waals surface area (Å²) in [5.41, 5.74) is 3.81. The lowest BCUT2D eigenvalue weighted by atomic mass is 9.88. The van der Waals surface area contributed by atoms with Crippen molar-refractivity contribution >= 4 is 44.1 Å². The summed E-state index contributed by atoms with van der Waals surface area (Å²) < 4.78 is 49.9. The lowest BCUT2D eigenvalue weighted by Crippen LogP contribution is -2.34. The van der Waals surface area contributed by atoms with Crippen molar-refractivity contribution in [3.05, 3.63) is 29.0 Å². The maximum atomic E-state index is 13.0. The number of aromatic hydroxyl groups is 1. The number of sulfonamides is 1. The van der Waals surface area contributed by atoms with Crippen LogP contribution >= 0.6 is 11.3 Å². The van der Waals surface area contributed by atoms with Crippen LogP contribution in [0.3, 0.4) is 0 Å². The first kappa shape index (κ1) is 29.6. The number of hydrazine groups is 1. The molecule has 2 unspecified atom stereocenters. The van der Waals surface area contributed by atoms with Gasteiger partial charge in [-0.3, -0.25) is 9.71 Å². The van der Waals surface area contributed by atoms with Gasteiger partial charge in [-0.25, -0.2) is 12.6 Å². The van der Waals surface area contributed by atoms with Crippen LogP contribution in [0, 0.1) is 11.3 Å². The van der Waals surface area contributed by atoms with Crippen LogP contribution in [0.1, 0.15) is 72.8 Å². The normalized spacial score (nSPS) is 19.6. The molecule has 0 saturated carbocycles. The zero-order valence-corrected chi connectivity index (χ0v) is 25.4. The molecule has 3 heterocycles. The van der Waals surface area contributed by atoms with Gasteiger partial charge in [-0.2, -0.15) is 4.31 Å². The zero-order valence-electron chi connectivity index (χ0n) is 22.9. The van der Waals surface area contributed by atoms with Crippen LogP contribution in [0.25, 0.3) is 0 Å². The molecule has 3 rings (SSSR count). The van der Waals surface area contributed by atoms with Gasteiger partial charge in [0, 0.05) is 19.0 Å². The maximum absolute atomic E-state index is 13.0. The fraction of sp³-hybridized carbons (Fsp3) is 0.625. The average Bonchev–Trinajstić information content (AvgIpc) is 3.45. The standard InChI is InChI=1S/C24H39N5O5S3/c1-15(2)20(18-10-16(12-34-18)24(6,7)8)25-19-11-29(36(31)27-19)26-17-13-35-22(21(17)30)37(32,33)28(9)14-23(3,4)5/h10,12-13,15,20,26,30H,11,14H2,1-9H3,(H,25,27). The minimum atomic E-state index is -3.89. The third kappa shape index (κ3) is 6.94. The van der Waals surface area contributed by atoms with E-state index in [0.717, 1.165) is 22.7 Å². The van der Waals surface area contributed by atoms with E-state index in [9.17, 15) is 17.7 Å². The summed E-state index contributed by atoms with van der Waals surface area (Å²) in [4.78, 5) is 4.78.